The fourth-order valence-electron chi connectivity index (χ4n) is 1.95. The van der Waals surface area contributed by atoms with Crippen molar-refractivity contribution in [2.45, 2.75) is 39.5 Å². The second-order valence-corrected chi connectivity index (χ2v) is 6.55. The monoisotopic (exact) mass is 309 g/mol. The van der Waals surface area contributed by atoms with Crippen LogP contribution in [0.1, 0.15) is 39.5 Å². The maximum atomic E-state index is 12.2. The highest BCUT2D eigenvalue weighted by Crippen LogP contribution is 2.30. The van der Waals surface area contributed by atoms with Crippen LogP contribution in [0.2, 0.25) is 0 Å². The van der Waals surface area contributed by atoms with E-state index in [2.05, 4.69) is 29.4 Å². The minimum absolute atomic E-state index is 0.0647. The summed E-state index contributed by atoms with van der Waals surface area (Å²) in [6, 6.07) is 3.99. The van der Waals surface area contributed by atoms with Gasteiger partial charge >= 0.3 is 0 Å². The number of thiophene rings is 1. The second kappa shape index (κ2) is 7.50. The SMILES string of the molecule is CCCC[C@H](CC)C(=O)Nc1nnc(-c2cccs2)s1. The van der Waals surface area contributed by atoms with Crippen LogP contribution in [0.25, 0.3) is 9.88 Å². The molecule has 0 aliphatic carbocycles. The highest BCUT2D eigenvalue weighted by molar-refractivity contribution is 7.23. The molecule has 1 amide bonds. The van der Waals surface area contributed by atoms with E-state index in [1.54, 1.807) is 11.3 Å². The molecule has 0 aliphatic rings. The molecule has 108 valence electrons. The summed E-state index contributed by atoms with van der Waals surface area (Å²) in [5, 5.41) is 14.5. The Morgan fingerprint density at radius 3 is 2.90 bits per heavy atom. The van der Waals surface area contributed by atoms with Gasteiger partial charge in [-0.3, -0.25) is 4.79 Å². The van der Waals surface area contributed by atoms with Crippen molar-refractivity contribution in [2.75, 3.05) is 5.32 Å². The Kier molecular flexibility index (Phi) is 5.67. The standard InChI is InChI=1S/C14H19N3OS2/c1-3-5-7-10(4-2)12(18)15-14-17-16-13(20-14)11-8-6-9-19-11/h6,8-10H,3-5,7H2,1-2H3,(H,15,17,18)/t10-/m0/s1. The molecule has 2 aromatic heterocycles. The Balaban J connectivity index is 1.97. The van der Waals surface area contributed by atoms with Crippen molar-refractivity contribution in [2.24, 2.45) is 5.92 Å². The fourth-order valence-corrected chi connectivity index (χ4v) is 3.49. The van der Waals surface area contributed by atoms with Gasteiger partial charge in [0.25, 0.3) is 0 Å². The first-order valence-corrected chi connectivity index (χ1v) is 8.62. The third kappa shape index (κ3) is 3.86. The summed E-state index contributed by atoms with van der Waals surface area (Å²) in [4.78, 5) is 13.3. The van der Waals surface area contributed by atoms with Crippen molar-refractivity contribution < 1.29 is 4.79 Å². The molecule has 0 radical (unpaired) electrons. The minimum atomic E-state index is 0.0647. The molecule has 2 rings (SSSR count). The van der Waals surface area contributed by atoms with Crippen LogP contribution in [0.15, 0.2) is 17.5 Å². The summed E-state index contributed by atoms with van der Waals surface area (Å²) in [5.74, 6) is 0.138. The summed E-state index contributed by atoms with van der Waals surface area (Å²) < 4.78 is 0. The summed E-state index contributed by atoms with van der Waals surface area (Å²) >= 11 is 3.05. The Morgan fingerprint density at radius 1 is 1.40 bits per heavy atom. The van der Waals surface area contributed by atoms with Crippen LogP contribution >= 0.6 is 22.7 Å². The lowest BCUT2D eigenvalue weighted by molar-refractivity contribution is -0.120. The van der Waals surface area contributed by atoms with Gasteiger partial charge in [0.1, 0.15) is 0 Å². The molecule has 0 saturated heterocycles. The summed E-state index contributed by atoms with van der Waals surface area (Å²) in [6.07, 6.45) is 4.01. The molecule has 0 unspecified atom stereocenters. The normalized spacial score (nSPS) is 12.3. The van der Waals surface area contributed by atoms with E-state index >= 15 is 0 Å². The van der Waals surface area contributed by atoms with Gasteiger partial charge in [0.2, 0.25) is 11.0 Å². The summed E-state index contributed by atoms with van der Waals surface area (Å²) in [5.41, 5.74) is 0. The average molecular weight is 309 g/mol. The van der Waals surface area contributed by atoms with Crippen LogP contribution in [0, 0.1) is 5.92 Å². The number of amides is 1. The molecule has 6 heteroatoms. The van der Waals surface area contributed by atoms with Crippen LogP contribution in [0.4, 0.5) is 5.13 Å². The maximum Gasteiger partial charge on any atom is 0.229 e. The third-order valence-electron chi connectivity index (χ3n) is 3.16. The quantitative estimate of drug-likeness (QED) is 0.823. The number of carbonyl (C=O) groups excluding carboxylic acids is 1. The van der Waals surface area contributed by atoms with E-state index in [0.29, 0.717) is 5.13 Å². The van der Waals surface area contributed by atoms with Crippen molar-refractivity contribution in [3.8, 4) is 9.88 Å². The molecule has 4 nitrogen and oxygen atoms in total. The maximum absolute atomic E-state index is 12.2. The zero-order valence-corrected chi connectivity index (χ0v) is 13.4. The Labute approximate surface area is 127 Å². The molecule has 0 bridgehead atoms. The van der Waals surface area contributed by atoms with E-state index in [1.165, 1.54) is 11.3 Å². The van der Waals surface area contributed by atoms with E-state index in [0.717, 1.165) is 35.6 Å². The van der Waals surface area contributed by atoms with Crippen LogP contribution in [-0.2, 0) is 4.79 Å². The lowest BCUT2D eigenvalue weighted by Gasteiger charge is -2.12. The number of anilines is 1. The molecule has 0 aromatic carbocycles. The number of nitrogens with zero attached hydrogens (tertiary/aromatic N) is 2. The van der Waals surface area contributed by atoms with Crippen LogP contribution in [0.3, 0.4) is 0 Å². The van der Waals surface area contributed by atoms with Gasteiger partial charge < -0.3 is 5.32 Å². The van der Waals surface area contributed by atoms with Crippen LogP contribution in [-0.4, -0.2) is 16.1 Å². The lowest BCUT2D eigenvalue weighted by Crippen LogP contribution is -2.22. The first-order chi connectivity index (χ1) is 9.74. The molecule has 0 fully saturated rings. The number of nitrogens with one attached hydrogen (secondary N) is 1. The lowest BCUT2D eigenvalue weighted by atomic mass is 9.99. The first kappa shape index (κ1) is 15.1. The fraction of sp³-hybridized carbons (Fsp3) is 0.500. The Morgan fingerprint density at radius 2 is 2.25 bits per heavy atom. The van der Waals surface area contributed by atoms with E-state index in [9.17, 15) is 4.79 Å². The minimum Gasteiger partial charge on any atom is -0.300 e. The zero-order valence-electron chi connectivity index (χ0n) is 11.8. The molecule has 2 heterocycles. The largest absolute Gasteiger partial charge is 0.300 e. The number of rotatable bonds is 7. The van der Waals surface area contributed by atoms with Gasteiger partial charge in [0.05, 0.1) is 4.88 Å². The predicted molar refractivity (Wildman–Crippen MR) is 85.2 cm³/mol. The molecular weight excluding hydrogens is 290 g/mol. The Bertz CT molecular complexity index is 536. The highest BCUT2D eigenvalue weighted by atomic mass is 32.1. The number of unbranched alkanes of at least 4 members (excludes halogenated alkanes) is 1. The van der Waals surface area contributed by atoms with E-state index in [1.807, 2.05) is 17.5 Å². The molecule has 2 aromatic rings. The average Bonchev–Trinajstić information content (AvgIpc) is 3.09. The van der Waals surface area contributed by atoms with Gasteiger partial charge in [-0.05, 0) is 24.3 Å². The third-order valence-corrected chi connectivity index (χ3v) is 5.03. The molecule has 1 atom stereocenters. The highest BCUT2D eigenvalue weighted by Gasteiger charge is 2.18. The zero-order chi connectivity index (χ0) is 14.4. The van der Waals surface area contributed by atoms with Crippen LogP contribution < -0.4 is 5.32 Å². The second-order valence-electron chi connectivity index (χ2n) is 4.63. The van der Waals surface area contributed by atoms with Gasteiger partial charge in [-0.15, -0.1) is 21.5 Å². The first-order valence-electron chi connectivity index (χ1n) is 6.92. The van der Waals surface area contributed by atoms with E-state index in [-0.39, 0.29) is 11.8 Å². The van der Waals surface area contributed by atoms with Crippen molar-refractivity contribution in [1.82, 2.24) is 10.2 Å². The smallest absolute Gasteiger partial charge is 0.229 e. The molecular formula is C14H19N3OS2. The molecule has 0 saturated carbocycles. The number of carbonyl (C=O) groups is 1. The molecule has 0 spiro atoms. The van der Waals surface area contributed by atoms with Gasteiger partial charge in [0, 0.05) is 5.92 Å². The van der Waals surface area contributed by atoms with Crippen molar-refractivity contribution in [1.29, 1.82) is 0 Å². The van der Waals surface area contributed by atoms with Crippen LogP contribution in [0.5, 0.6) is 0 Å². The van der Waals surface area contributed by atoms with Gasteiger partial charge in [-0.25, -0.2) is 0 Å². The van der Waals surface area contributed by atoms with Gasteiger partial charge in [-0.1, -0.05) is 44.1 Å². The number of aromatic nitrogens is 2. The van der Waals surface area contributed by atoms with E-state index < -0.39 is 0 Å². The van der Waals surface area contributed by atoms with Crippen molar-refractivity contribution in [3.05, 3.63) is 17.5 Å². The molecule has 1 N–H and O–H groups in total. The van der Waals surface area contributed by atoms with E-state index in [4.69, 9.17) is 0 Å². The molecule has 20 heavy (non-hydrogen) atoms. The summed E-state index contributed by atoms with van der Waals surface area (Å²) in [6.45, 7) is 4.19. The van der Waals surface area contributed by atoms with Gasteiger partial charge in [0.15, 0.2) is 5.01 Å². The number of hydrogen-bond acceptors (Lipinski definition) is 5. The Hall–Kier alpha value is -1.27. The topological polar surface area (TPSA) is 54.9 Å². The van der Waals surface area contributed by atoms with Crippen molar-refractivity contribution >= 4 is 33.7 Å². The number of hydrogen-bond donors (Lipinski definition) is 1. The summed E-state index contributed by atoms with van der Waals surface area (Å²) in [7, 11) is 0. The predicted octanol–water partition coefficient (Wildman–Crippen LogP) is 4.42. The van der Waals surface area contributed by atoms with Gasteiger partial charge in [-0.2, -0.15) is 0 Å². The molecule has 0 aliphatic heterocycles. The van der Waals surface area contributed by atoms with Crippen molar-refractivity contribution in [3.63, 3.8) is 0 Å².